The van der Waals surface area contributed by atoms with Gasteiger partial charge in [0.1, 0.15) is 31.4 Å². The number of nitrogens with two attached hydrogens (primary N) is 2. The van der Waals surface area contributed by atoms with E-state index in [4.69, 9.17) is 35.2 Å². The van der Waals surface area contributed by atoms with Gasteiger partial charge >= 0.3 is 12.2 Å². The maximum absolute atomic E-state index is 14.6. The molecule has 1 aliphatic heterocycles. The third kappa shape index (κ3) is 15.1. The molecule has 0 aromatic heterocycles. The van der Waals surface area contributed by atoms with Crippen molar-refractivity contribution in [2.75, 3.05) is 31.6 Å². The largest absolute Gasteiger partial charge is 0.509 e. The van der Waals surface area contributed by atoms with Gasteiger partial charge in [-0.05, 0) is 131 Å². The van der Waals surface area contributed by atoms with Crippen molar-refractivity contribution in [1.82, 2.24) is 21.3 Å². The summed E-state index contributed by atoms with van der Waals surface area (Å²) < 4.78 is 29.8. The minimum absolute atomic E-state index is 0.0187. The molecule has 3 saturated carbocycles. The molecule has 1 heterocycles. The molecule has 1 aromatic carbocycles. The number of anilines is 1. The molecule has 6 aliphatic rings. The number of Topliss-reactive ketones (excluding diaryl/α,β-unsaturated/α-hetero) is 1. The summed E-state index contributed by atoms with van der Waals surface area (Å²) in [7, 11) is 0. The first-order valence-electron chi connectivity index (χ1n) is 29.1. The Hall–Kier alpha value is -6.18. The Morgan fingerprint density at radius 3 is 2.41 bits per heavy atom. The van der Waals surface area contributed by atoms with Crippen molar-refractivity contribution in [2.45, 2.75) is 192 Å². The Morgan fingerprint density at radius 1 is 0.901 bits per heavy atom. The van der Waals surface area contributed by atoms with Crippen LogP contribution in [0.5, 0.6) is 0 Å². The van der Waals surface area contributed by atoms with E-state index in [-0.39, 0.29) is 74.6 Å². The minimum Gasteiger partial charge on any atom is -0.429 e. The van der Waals surface area contributed by atoms with Crippen molar-refractivity contribution in [1.29, 1.82) is 0 Å². The van der Waals surface area contributed by atoms with Gasteiger partial charge in [0.05, 0.1) is 18.2 Å². The van der Waals surface area contributed by atoms with Crippen LogP contribution in [-0.4, -0.2) is 127 Å². The molecule has 21 heteroatoms. The monoisotopic (exact) mass is 1130 g/mol. The van der Waals surface area contributed by atoms with E-state index in [1.807, 2.05) is 19.9 Å². The van der Waals surface area contributed by atoms with Crippen LogP contribution in [-0.2, 0) is 59.1 Å². The lowest BCUT2D eigenvalue weighted by Crippen LogP contribution is -2.63. The molecule has 1 aromatic rings. The van der Waals surface area contributed by atoms with Gasteiger partial charge in [0.2, 0.25) is 29.4 Å². The van der Waals surface area contributed by atoms with Crippen LogP contribution in [0.4, 0.5) is 15.3 Å². The molecular weight excluding hydrogens is 1040 g/mol. The fourth-order valence-corrected chi connectivity index (χ4v) is 13.4. The van der Waals surface area contributed by atoms with Gasteiger partial charge in [-0.2, -0.15) is 0 Å². The Morgan fingerprint density at radius 2 is 1.67 bits per heavy atom. The van der Waals surface area contributed by atoms with E-state index in [0.29, 0.717) is 56.3 Å². The number of hydrogen-bond donors (Lipinski definition) is 8. The molecule has 21 nitrogen and oxygen atoms in total. The minimum atomic E-state index is -1.48. The predicted octanol–water partition coefficient (Wildman–Crippen LogP) is 5.06. The number of benzene rings is 1. The second-order valence-electron chi connectivity index (χ2n) is 23.5. The summed E-state index contributed by atoms with van der Waals surface area (Å²) in [5.74, 6) is 3.06. The summed E-state index contributed by atoms with van der Waals surface area (Å²) in [6.07, 6.45) is 11.9. The van der Waals surface area contributed by atoms with E-state index >= 15 is 0 Å². The average Bonchev–Trinajstić information content (AvgIpc) is 2.87. The average molecular weight is 1130 g/mol. The number of ketones is 2. The van der Waals surface area contributed by atoms with Crippen LogP contribution in [0.3, 0.4) is 0 Å². The number of rotatable bonds is 26. The van der Waals surface area contributed by atoms with E-state index in [0.717, 1.165) is 50.5 Å². The molecule has 5 aliphatic carbocycles. The van der Waals surface area contributed by atoms with Crippen molar-refractivity contribution >= 4 is 53.1 Å². The van der Waals surface area contributed by atoms with Crippen molar-refractivity contribution in [2.24, 2.45) is 46.0 Å². The zero-order chi connectivity index (χ0) is 58.5. The van der Waals surface area contributed by atoms with Gasteiger partial charge in [-0.15, -0.1) is 5.92 Å². The second kappa shape index (κ2) is 28.2. The predicted molar refractivity (Wildman–Crippen MR) is 298 cm³/mol. The van der Waals surface area contributed by atoms with Crippen LogP contribution < -0.4 is 38.1 Å². The van der Waals surface area contributed by atoms with Crippen molar-refractivity contribution < 1.29 is 67.1 Å². The van der Waals surface area contributed by atoms with Gasteiger partial charge in [-0.25, -0.2) is 9.59 Å². The zero-order valence-corrected chi connectivity index (χ0v) is 47.7. The molecule has 0 spiro atoms. The molecule has 0 radical (unpaired) electrons. The molecule has 444 valence electrons. The van der Waals surface area contributed by atoms with Gasteiger partial charge in [-0.1, -0.05) is 77.2 Å². The molecule has 5 unspecified atom stereocenters. The highest BCUT2D eigenvalue weighted by Crippen LogP contribution is 2.69. The third-order valence-corrected chi connectivity index (χ3v) is 17.5. The van der Waals surface area contributed by atoms with Gasteiger partial charge in [0, 0.05) is 41.9 Å². The first kappa shape index (κ1) is 62.4. The fraction of sp³-hybridized carbons (Fsp3) is 0.667. The summed E-state index contributed by atoms with van der Waals surface area (Å²) >= 11 is 0. The fourth-order valence-electron chi connectivity index (χ4n) is 13.4. The number of hydrogen-bond acceptors (Lipinski definition) is 15. The summed E-state index contributed by atoms with van der Waals surface area (Å²) in [6, 6.07) is 2.52. The molecule has 1 saturated heterocycles. The highest BCUT2D eigenvalue weighted by molar-refractivity contribution is 6.01. The number of urea groups is 1. The number of primary amides is 1. The number of carbonyl (C=O) groups is 8. The van der Waals surface area contributed by atoms with E-state index in [1.54, 1.807) is 50.3 Å². The Kier molecular flexibility index (Phi) is 21.7. The van der Waals surface area contributed by atoms with E-state index in [2.05, 4.69) is 45.3 Å². The Labute approximate surface area is 475 Å². The summed E-state index contributed by atoms with van der Waals surface area (Å²) in [6.45, 7) is 9.11. The van der Waals surface area contributed by atoms with Crippen LogP contribution in [0.2, 0.25) is 0 Å². The molecular formula is C60H85N7O14. The highest BCUT2D eigenvalue weighted by atomic mass is 16.8. The smallest absolute Gasteiger partial charge is 0.429 e. The number of allylic oxidation sites excluding steroid dienone is 4. The van der Waals surface area contributed by atoms with Gasteiger partial charge < -0.3 is 66.8 Å². The Bertz CT molecular complexity index is 2580. The number of carbonyl (C=O) groups excluding carboxylic acids is 8. The molecule has 13 atom stereocenters. The van der Waals surface area contributed by atoms with Crippen molar-refractivity contribution in [3.05, 3.63) is 53.6 Å². The summed E-state index contributed by atoms with van der Waals surface area (Å²) in [5, 5.41) is 25.6. The van der Waals surface area contributed by atoms with Crippen LogP contribution in [0.25, 0.3) is 0 Å². The van der Waals surface area contributed by atoms with Gasteiger partial charge in [0.25, 0.3) is 0 Å². The lowest BCUT2D eigenvalue weighted by atomic mass is 9.46. The number of nitrogens with one attached hydrogen (secondary N) is 5. The van der Waals surface area contributed by atoms with Crippen LogP contribution in [0.1, 0.15) is 143 Å². The number of ether oxygens (including phenoxy) is 5. The molecule has 81 heavy (non-hydrogen) atoms. The maximum atomic E-state index is 14.6. The summed E-state index contributed by atoms with van der Waals surface area (Å²) in [5.41, 5.74) is 10.5. The van der Waals surface area contributed by atoms with Gasteiger partial charge in [-0.3, -0.25) is 28.8 Å². The number of amides is 6. The van der Waals surface area contributed by atoms with Gasteiger partial charge in [0.15, 0.2) is 24.3 Å². The first-order chi connectivity index (χ1) is 38.7. The Balaban J connectivity index is 0.884. The molecule has 6 amide bonds. The first-order valence-corrected chi connectivity index (χ1v) is 29.1. The van der Waals surface area contributed by atoms with E-state index in [9.17, 15) is 43.5 Å². The quantitative estimate of drug-likeness (QED) is 0.0342. The molecule has 4 fully saturated rings. The lowest BCUT2D eigenvalue weighted by Gasteiger charge is -2.59. The number of unbranched alkanes of at least 4 members (excludes halogenated alkanes) is 1. The molecule has 0 bridgehead atoms. The SMILES string of the molecule is CCCC1O[C@@H]2CC3C4CCC5=CC(=O)C=C[C@]5(C)C4[C@@H](O)C[C@]3(C)[C@]2(C(=O)COC(=O)OCc2ccc(NC(=O)[C@H](CCCNC(N)=O)NC(=O)[C@@H](NC(=O)[C@H](N)CCCCNC(=O)COC3C#CCCCCC3)C(C)C)cc2)O1. The molecule has 10 N–H and O–H groups in total. The van der Waals surface area contributed by atoms with Crippen molar-refractivity contribution in [3.63, 3.8) is 0 Å². The summed E-state index contributed by atoms with van der Waals surface area (Å²) in [4.78, 5) is 105. The highest BCUT2D eigenvalue weighted by Gasteiger charge is 2.76. The normalized spacial score (nSPS) is 29.2. The van der Waals surface area contributed by atoms with E-state index in [1.165, 1.54) is 0 Å². The van der Waals surface area contributed by atoms with Crippen molar-refractivity contribution in [3.8, 4) is 11.8 Å². The number of aliphatic hydroxyl groups is 1. The molecule has 7 rings (SSSR count). The zero-order valence-electron chi connectivity index (χ0n) is 47.7. The standard InChI is InChI=1S/C60H85N7O14/c1-6-15-50-80-48-31-43-42-25-22-38-30-40(68)26-27-58(38,4)51(42)46(69)32-59(43,5)60(48,81-50)47(70)34-79-57(76)78-33-37-20-23-39(24-21-37)65-54(73)45(19-14-29-64-56(62)75)66-55(74)52(36(2)3)67-53(72)44(61)18-12-13-28-63-49(71)35-77-41-16-10-8-7-9-11-17-41/h20-21,23-24,26-27,30,36,41-46,48,50-52,69H,6-10,12-16,18-19,22,25,28-29,31-35,61H2,1-5H3,(H,63,71)(H,65,73)(H,66,74)(H,67,72)(H3,62,64,75)/t41?,42?,43?,44-,45+,46+,48-,50?,51?,52+,58+,59+,60-/m1/s1. The van der Waals surface area contributed by atoms with Crippen LogP contribution in [0.15, 0.2) is 48.1 Å². The second-order valence-corrected chi connectivity index (χ2v) is 23.5. The topological polar surface area (TPSA) is 315 Å². The van der Waals surface area contributed by atoms with E-state index < -0.39 is 101 Å². The third-order valence-electron chi connectivity index (χ3n) is 17.5. The lowest BCUT2D eigenvalue weighted by molar-refractivity contribution is -0.200. The number of fused-ring (bicyclic) bond motifs is 7. The van der Waals surface area contributed by atoms with Crippen LogP contribution >= 0.6 is 0 Å². The maximum Gasteiger partial charge on any atom is 0.509 e. The van der Waals surface area contributed by atoms with Crippen LogP contribution in [0, 0.1) is 46.3 Å². The number of aliphatic hydroxyl groups excluding tert-OH is 1.